The van der Waals surface area contributed by atoms with Gasteiger partial charge in [0.2, 0.25) is 0 Å². The lowest BCUT2D eigenvalue weighted by Crippen LogP contribution is -2.63. The van der Waals surface area contributed by atoms with Crippen molar-refractivity contribution in [2.75, 3.05) is 5.32 Å². The molecule has 0 bridgehead atoms. The molecule has 31 heavy (non-hydrogen) atoms. The summed E-state index contributed by atoms with van der Waals surface area (Å²) in [6.07, 6.45) is -5.21. The number of nitrogens with one attached hydrogen (secondary N) is 1. The summed E-state index contributed by atoms with van der Waals surface area (Å²) in [6.45, 7) is 1.61. The molecule has 0 aliphatic carbocycles. The number of halogens is 4. The van der Waals surface area contributed by atoms with Crippen molar-refractivity contribution in [3.05, 3.63) is 101 Å². The Morgan fingerprint density at radius 1 is 1.00 bits per heavy atom. The van der Waals surface area contributed by atoms with Gasteiger partial charge in [-0.05, 0) is 36.2 Å². The zero-order valence-corrected chi connectivity index (χ0v) is 17.4. The molecule has 3 nitrogen and oxygen atoms in total. The molecule has 1 N–H and O–H groups in total. The summed E-state index contributed by atoms with van der Waals surface area (Å²) in [7, 11) is 0. The minimum absolute atomic E-state index is 0.0706. The number of hydrogen-bond acceptors (Lipinski definition) is 1. The second-order valence-corrected chi connectivity index (χ2v) is 8.03. The van der Waals surface area contributed by atoms with Crippen LogP contribution in [0.2, 0.25) is 5.02 Å². The lowest BCUT2D eigenvalue weighted by atomic mass is 9.78. The lowest BCUT2D eigenvalue weighted by Gasteiger charge is -2.51. The van der Waals surface area contributed by atoms with Gasteiger partial charge in [-0.15, -0.1) is 0 Å². The Morgan fingerprint density at radius 2 is 1.61 bits per heavy atom. The van der Waals surface area contributed by atoms with E-state index >= 15 is 13.2 Å². The monoisotopic (exact) mass is 444 g/mol. The van der Waals surface area contributed by atoms with Gasteiger partial charge in [-0.3, -0.25) is 4.90 Å². The Hall–Kier alpha value is -2.99. The number of hydrogen-bond donors (Lipinski definition) is 1. The number of anilines is 1. The highest BCUT2D eigenvalue weighted by Gasteiger charge is 2.64. The largest absolute Gasteiger partial charge is 0.416 e. The number of amides is 2. The summed E-state index contributed by atoms with van der Waals surface area (Å²) in [6, 6.07) is 19.6. The van der Waals surface area contributed by atoms with E-state index in [9.17, 15) is 4.79 Å². The van der Waals surface area contributed by atoms with Crippen molar-refractivity contribution in [2.24, 2.45) is 0 Å². The number of urea groups is 1. The Labute approximate surface area is 183 Å². The third-order valence-electron chi connectivity index (χ3n) is 5.74. The van der Waals surface area contributed by atoms with E-state index in [-0.39, 0.29) is 16.3 Å². The van der Waals surface area contributed by atoms with Gasteiger partial charge in [0, 0.05) is 22.7 Å². The van der Waals surface area contributed by atoms with Gasteiger partial charge >= 0.3 is 12.2 Å². The summed E-state index contributed by atoms with van der Waals surface area (Å²) in [5, 5.41) is 2.80. The average molecular weight is 445 g/mol. The third kappa shape index (κ3) is 3.65. The molecule has 2 atom stereocenters. The summed E-state index contributed by atoms with van der Waals surface area (Å²) in [4.78, 5) is 14.1. The van der Waals surface area contributed by atoms with E-state index in [2.05, 4.69) is 5.32 Å². The molecule has 3 aromatic rings. The molecule has 0 saturated carbocycles. The molecule has 160 valence electrons. The van der Waals surface area contributed by atoms with Crippen LogP contribution in [0.15, 0.2) is 78.9 Å². The van der Waals surface area contributed by atoms with Gasteiger partial charge in [0.25, 0.3) is 0 Å². The second kappa shape index (κ2) is 7.93. The van der Waals surface area contributed by atoms with Crippen molar-refractivity contribution >= 4 is 23.3 Å². The van der Waals surface area contributed by atoms with Crippen LogP contribution in [-0.2, 0) is 12.0 Å². The molecule has 0 fully saturated rings. The normalized spacial score (nSPS) is 19.5. The van der Waals surface area contributed by atoms with Crippen LogP contribution < -0.4 is 5.32 Å². The Balaban J connectivity index is 2.00. The zero-order chi connectivity index (χ0) is 22.2. The smallest absolute Gasteiger partial charge is 0.307 e. The molecule has 0 spiro atoms. The van der Waals surface area contributed by atoms with Gasteiger partial charge < -0.3 is 5.32 Å². The quantitative estimate of drug-likeness (QED) is 0.464. The number of carbonyl (C=O) groups is 1. The van der Waals surface area contributed by atoms with Crippen LogP contribution in [0, 0.1) is 0 Å². The molecule has 1 heterocycles. The van der Waals surface area contributed by atoms with Crippen LogP contribution in [0.25, 0.3) is 0 Å². The van der Waals surface area contributed by atoms with E-state index in [4.69, 9.17) is 11.6 Å². The van der Waals surface area contributed by atoms with Crippen molar-refractivity contribution < 1.29 is 18.0 Å². The first-order valence-electron chi connectivity index (χ1n) is 9.80. The van der Waals surface area contributed by atoms with E-state index in [1.165, 1.54) is 18.2 Å². The highest BCUT2D eigenvalue weighted by atomic mass is 35.5. The maximum atomic E-state index is 15.1. The molecule has 1 unspecified atom stereocenters. The van der Waals surface area contributed by atoms with E-state index in [0.717, 1.165) is 4.90 Å². The van der Waals surface area contributed by atoms with Crippen molar-refractivity contribution in [2.45, 2.75) is 31.1 Å². The first-order valence-corrected chi connectivity index (χ1v) is 10.2. The molecular formula is C24H20ClF3N2O. The molecule has 0 aromatic heterocycles. The molecule has 4 rings (SSSR count). The topological polar surface area (TPSA) is 32.3 Å². The van der Waals surface area contributed by atoms with E-state index in [1.54, 1.807) is 67.6 Å². The first kappa shape index (κ1) is 21.2. The van der Waals surface area contributed by atoms with Gasteiger partial charge in [-0.25, -0.2) is 4.79 Å². The van der Waals surface area contributed by atoms with Crippen molar-refractivity contribution in [1.82, 2.24) is 4.90 Å². The fraction of sp³-hybridized carbons (Fsp3) is 0.208. The Morgan fingerprint density at radius 3 is 2.23 bits per heavy atom. The predicted octanol–water partition coefficient (Wildman–Crippen LogP) is 6.95. The predicted molar refractivity (Wildman–Crippen MR) is 115 cm³/mol. The van der Waals surface area contributed by atoms with Crippen molar-refractivity contribution in [1.29, 1.82) is 0 Å². The molecule has 1 aliphatic heterocycles. The molecule has 0 saturated heterocycles. The molecule has 3 aromatic carbocycles. The summed E-state index contributed by atoms with van der Waals surface area (Å²) < 4.78 is 45.4. The number of fused-ring (bicyclic) bond motifs is 1. The third-order valence-corrected chi connectivity index (χ3v) is 5.97. The Kier molecular flexibility index (Phi) is 5.43. The number of carbonyl (C=O) groups excluding carboxylic acids is 1. The second-order valence-electron chi connectivity index (χ2n) is 7.60. The highest BCUT2D eigenvalue weighted by Crippen LogP contribution is 2.54. The van der Waals surface area contributed by atoms with E-state index < -0.39 is 30.2 Å². The minimum atomic E-state index is -4.77. The van der Waals surface area contributed by atoms with Crippen molar-refractivity contribution in [3.63, 3.8) is 0 Å². The van der Waals surface area contributed by atoms with Crippen LogP contribution in [0.4, 0.5) is 23.7 Å². The summed E-state index contributed by atoms with van der Waals surface area (Å²) in [5.41, 5.74) is -1.50. The zero-order valence-electron chi connectivity index (χ0n) is 16.7. The van der Waals surface area contributed by atoms with Crippen LogP contribution in [-0.4, -0.2) is 17.1 Å². The summed E-state index contributed by atoms with van der Waals surface area (Å²) >= 11 is 6.14. The Bertz CT molecular complexity index is 1090. The lowest BCUT2D eigenvalue weighted by molar-refractivity contribution is -0.234. The fourth-order valence-corrected chi connectivity index (χ4v) is 4.47. The molecular weight excluding hydrogens is 425 g/mol. The minimum Gasteiger partial charge on any atom is -0.307 e. The number of benzene rings is 3. The van der Waals surface area contributed by atoms with Gasteiger partial charge in [-0.2, -0.15) is 13.2 Å². The maximum absolute atomic E-state index is 15.1. The van der Waals surface area contributed by atoms with Crippen molar-refractivity contribution in [3.8, 4) is 0 Å². The number of rotatable bonds is 4. The van der Waals surface area contributed by atoms with E-state index in [1.807, 2.05) is 0 Å². The standard InChI is InChI=1S/C24H20ClF3N2O/c1-16(18-10-6-3-7-11-18)30-22(31)29-21-13-12-19(25)14-20(21)23(30,24(26,27)28)15-17-8-4-2-5-9-17/h2-14,16H,15H2,1H3,(H,29,31)/t16-,23?/m1/s1. The van der Waals surface area contributed by atoms with Crippen LogP contribution in [0.3, 0.4) is 0 Å². The van der Waals surface area contributed by atoms with Gasteiger partial charge in [-0.1, -0.05) is 72.3 Å². The van der Waals surface area contributed by atoms with Crippen LogP contribution in [0.1, 0.15) is 29.7 Å². The SMILES string of the molecule is C[C@H](c1ccccc1)N1C(=O)Nc2ccc(Cl)cc2C1(Cc1ccccc1)C(F)(F)F. The average Bonchev–Trinajstić information content (AvgIpc) is 2.74. The highest BCUT2D eigenvalue weighted by molar-refractivity contribution is 6.30. The first-order chi connectivity index (χ1) is 14.7. The van der Waals surface area contributed by atoms with Crippen LogP contribution >= 0.6 is 11.6 Å². The van der Waals surface area contributed by atoms with Gasteiger partial charge in [0.1, 0.15) is 0 Å². The number of nitrogens with zero attached hydrogens (tertiary/aromatic N) is 1. The maximum Gasteiger partial charge on any atom is 0.416 e. The van der Waals surface area contributed by atoms with Gasteiger partial charge in [0.15, 0.2) is 5.54 Å². The molecule has 1 aliphatic rings. The van der Waals surface area contributed by atoms with Gasteiger partial charge in [0.05, 0.1) is 6.04 Å². The fourth-order valence-electron chi connectivity index (χ4n) is 4.29. The molecule has 7 heteroatoms. The summed E-state index contributed by atoms with van der Waals surface area (Å²) in [5.74, 6) is 0. The van der Waals surface area contributed by atoms with Crippen LogP contribution in [0.5, 0.6) is 0 Å². The van der Waals surface area contributed by atoms with E-state index in [0.29, 0.717) is 11.1 Å². The number of alkyl halides is 3. The molecule has 2 amide bonds. The molecule has 0 radical (unpaired) electrons.